The summed E-state index contributed by atoms with van der Waals surface area (Å²) in [6.07, 6.45) is 0. The minimum absolute atomic E-state index is 0.246. The summed E-state index contributed by atoms with van der Waals surface area (Å²) in [5.41, 5.74) is 7.95. The van der Waals surface area contributed by atoms with Crippen LogP contribution in [0.25, 0.3) is 0 Å². The molecule has 0 aliphatic heterocycles. The Morgan fingerprint density at radius 3 is 2.31 bits per heavy atom. The molecule has 0 fully saturated rings. The number of benzene rings is 1. The van der Waals surface area contributed by atoms with Gasteiger partial charge in [0, 0.05) is 23.2 Å². The van der Waals surface area contributed by atoms with Gasteiger partial charge in [-0.3, -0.25) is 0 Å². The molecule has 2 N–H and O–H groups in total. The van der Waals surface area contributed by atoms with E-state index in [1.165, 1.54) is 5.69 Å². The molecule has 0 saturated heterocycles. The van der Waals surface area contributed by atoms with Gasteiger partial charge in [0.15, 0.2) is 0 Å². The van der Waals surface area contributed by atoms with Gasteiger partial charge in [-0.05, 0) is 46.5 Å². The van der Waals surface area contributed by atoms with E-state index in [0.717, 1.165) is 10.2 Å². The van der Waals surface area contributed by atoms with Gasteiger partial charge in [-0.2, -0.15) is 0 Å². The van der Waals surface area contributed by atoms with Crippen LogP contribution in [0.2, 0.25) is 0 Å². The Bertz CT molecular complexity index is 369. The molecule has 0 aromatic heterocycles. The number of hydrogen-bond acceptors (Lipinski definition) is 2. The summed E-state index contributed by atoms with van der Waals surface area (Å²) in [5, 5.41) is 0. The van der Waals surface area contributed by atoms with Gasteiger partial charge in [0.05, 0.1) is 5.69 Å². The highest BCUT2D eigenvalue weighted by Crippen LogP contribution is 2.33. The van der Waals surface area contributed by atoms with Crippen molar-refractivity contribution >= 4 is 27.3 Å². The zero-order valence-electron chi connectivity index (χ0n) is 10.7. The van der Waals surface area contributed by atoms with Crippen molar-refractivity contribution in [3.05, 3.63) is 22.7 Å². The first-order chi connectivity index (χ1) is 7.23. The summed E-state index contributed by atoms with van der Waals surface area (Å²) in [6, 6.07) is 6.39. The Balaban J connectivity index is 3.01. The van der Waals surface area contributed by atoms with E-state index in [1.54, 1.807) is 0 Å². The number of nitrogens with zero attached hydrogens (tertiary/aromatic N) is 1. The lowest BCUT2D eigenvalue weighted by molar-refractivity contribution is 0.329. The molecule has 16 heavy (non-hydrogen) atoms. The summed E-state index contributed by atoms with van der Waals surface area (Å²) >= 11 is 3.56. The van der Waals surface area contributed by atoms with Crippen molar-refractivity contribution in [1.29, 1.82) is 0 Å². The van der Waals surface area contributed by atoms with Gasteiger partial charge < -0.3 is 10.6 Å². The maximum absolute atomic E-state index is 5.74. The molecule has 0 aliphatic carbocycles. The molecule has 1 aromatic carbocycles. The van der Waals surface area contributed by atoms with Crippen molar-refractivity contribution in [2.75, 3.05) is 17.7 Å². The Labute approximate surface area is 107 Å². The molecule has 0 heterocycles. The van der Waals surface area contributed by atoms with Crippen LogP contribution < -0.4 is 10.6 Å². The minimum Gasteiger partial charge on any atom is -0.399 e. The standard InChI is InChI=1S/C13H21BrN2/c1-9(13(2,3)4)16(5)12-7-6-10(15)8-11(12)14/h6-9H,15H2,1-5H3. The Morgan fingerprint density at radius 1 is 1.31 bits per heavy atom. The van der Waals surface area contributed by atoms with Gasteiger partial charge in [-0.25, -0.2) is 0 Å². The minimum atomic E-state index is 0.246. The molecule has 0 aliphatic rings. The van der Waals surface area contributed by atoms with Crippen LogP contribution in [0.15, 0.2) is 22.7 Å². The fourth-order valence-electron chi connectivity index (χ4n) is 1.60. The van der Waals surface area contributed by atoms with E-state index in [4.69, 9.17) is 5.73 Å². The molecular weight excluding hydrogens is 264 g/mol. The van der Waals surface area contributed by atoms with Crippen molar-refractivity contribution in [3.63, 3.8) is 0 Å². The molecule has 90 valence electrons. The lowest BCUT2D eigenvalue weighted by atomic mass is 9.87. The van der Waals surface area contributed by atoms with E-state index in [0.29, 0.717) is 6.04 Å². The van der Waals surface area contributed by atoms with Crippen LogP contribution in [0, 0.1) is 5.41 Å². The molecule has 0 spiro atoms. The number of hydrogen-bond donors (Lipinski definition) is 1. The molecule has 1 aromatic rings. The van der Waals surface area contributed by atoms with Crippen LogP contribution in [0.1, 0.15) is 27.7 Å². The van der Waals surface area contributed by atoms with Gasteiger partial charge >= 0.3 is 0 Å². The highest BCUT2D eigenvalue weighted by Gasteiger charge is 2.24. The van der Waals surface area contributed by atoms with Crippen LogP contribution in [0.4, 0.5) is 11.4 Å². The van der Waals surface area contributed by atoms with Crippen LogP contribution in [-0.4, -0.2) is 13.1 Å². The van der Waals surface area contributed by atoms with Gasteiger partial charge in [0.1, 0.15) is 0 Å². The Kier molecular flexibility index (Phi) is 3.89. The smallest absolute Gasteiger partial charge is 0.0512 e. The topological polar surface area (TPSA) is 29.3 Å². The van der Waals surface area contributed by atoms with Crippen LogP contribution in [0.5, 0.6) is 0 Å². The fourth-order valence-corrected chi connectivity index (χ4v) is 2.27. The predicted octanol–water partition coefficient (Wildman–Crippen LogP) is 3.90. The van der Waals surface area contributed by atoms with E-state index >= 15 is 0 Å². The van der Waals surface area contributed by atoms with E-state index in [2.05, 4.69) is 61.6 Å². The average Bonchev–Trinajstić information content (AvgIpc) is 2.14. The fraction of sp³-hybridized carbons (Fsp3) is 0.538. The first kappa shape index (κ1) is 13.4. The van der Waals surface area contributed by atoms with Gasteiger partial charge in [-0.15, -0.1) is 0 Å². The zero-order chi connectivity index (χ0) is 12.5. The second-order valence-corrected chi connectivity index (χ2v) is 6.22. The summed E-state index contributed by atoms with van der Waals surface area (Å²) < 4.78 is 1.05. The van der Waals surface area contributed by atoms with Gasteiger partial charge in [0.25, 0.3) is 0 Å². The Morgan fingerprint density at radius 2 is 1.88 bits per heavy atom. The SMILES string of the molecule is CC(N(C)c1ccc(N)cc1Br)C(C)(C)C. The van der Waals surface area contributed by atoms with E-state index in [-0.39, 0.29) is 5.41 Å². The molecule has 0 bridgehead atoms. The molecule has 2 nitrogen and oxygen atoms in total. The van der Waals surface area contributed by atoms with Gasteiger partial charge in [0.2, 0.25) is 0 Å². The molecule has 1 atom stereocenters. The molecule has 0 saturated carbocycles. The van der Waals surface area contributed by atoms with E-state index in [1.807, 2.05) is 12.1 Å². The number of nitrogens with two attached hydrogens (primary N) is 1. The third-order valence-corrected chi connectivity index (χ3v) is 3.82. The molecule has 3 heteroatoms. The maximum atomic E-state index is 5.74. The molecular formula is C13H21BrN2. The molecule has 0 radical (unpaired) electrons. The van der Waals surface area contributed by atoms with E-state index in [9.17, 15) is 0 Å². The number of nitrogen functional groups attached to an aromatic ring is 1. The van der Waals surface area contributed by atoms with Crippen molar-refractivity contribution in [2.24, 2.45) is 5.41 Å². The summed E-state index contributed by atoms with van der Waals surface area (Å²) in [6.45, 7) is 8.99. The highest BCUT2D eigenvalue weighted by molar-refractivity contribution is 9.10. The first-order valence-corrected chi connectivity index (χ1v) is 6.30. The lowest BCUT2D eigenvalue weighted by Crippen LogP contribution is -2.39. The Hall–Kier alpha value is -0.700. The molecule has 0 amide bonds. The molecule has 1 rings (SSSR count). The van der Waals surface area contributed by atoms with E-state index < -0.39 is 0 Å². The van der Waals surface area contributed by atoms with Crippen molar-refractivity contribution in [2.45, 2.75) is 33.7 Å². The van der Waals surface area contributed by atoms with Crippen LogP contribution in [0.3, 0.4) is 0 Å². The third kappa shape index (κ3) is 2.91. The predicted molar refractivity (Wildman–Crippen MR) is 75.9 cm³/mol. The number of anilines is 2. The summed E-state index contributed by atoms with van der Waals surface area (Å²) in [4.78, 5) is 2.28. The summed E-state index contributed by atoms with van der Waals surface area (Å²) in [7, 11) is 2.12. The summed E-state index contributed by atoms with van der Waals surface area (Å²) in [5.74, 6) is 0. The van der Waals surface area contributed by atoms with Crippen LogP contribution in [-0.2, 0) is 0 Å². The first-order valence-electron chi connectivity index (χ1n) is 5.51. The highest BCUT2D eigenvalue weighted by atomic mass is 79.9. The van der Waals surface area contributed by atoms with Crippen molar-refractivity contribution in [3.8, 4) is 0 Å². The number of rotatable bonds is 2. The monoisotopic (exact) mass is 284 g/mol. The lowest BCUT2D eigenvalue weighted by Gasteiger charge is -2.37. The number of halogens is 1. The van der Waals surface area contributed by atoms with Gasteiger partial charge in [-0.1, -0.05) is 20.8 Å². The average molecular weight is 285 g/mol. The van der Waals surface area contributed by atoms with Crippen LogP contribution >= 0.6 is 15.9 Å². The normalized spacial score (nSPS) is 13.6. The molecule has 1 unspecified atom stereocenters. The zero-order valence-corrected chi connectivity index (χ0v) is 12.3. The quantitative estimate of drug-likeness (QED) is 0.835. The largest absolute Gasteiger partial charge is 0.399 e. The van der Waals surface area contributed by atoms with Crippen molar-refractivity contribution < 1.29 is 0 Å². The maximum Gasteiger partial charge on any atom is 0.0512 e. The third-order valence-electron chi connectivity index (χ3n) is 3.19. The van der Waals surface area contributed by atoms with Crippen molar-refractivity contribution in [1.82, 2.24) is 0 Å². The second kappa shape index (κ2) is 4.66. The second-order valence-electron chi connectivity index (χ2n) is 5.36.